The second kappa shape index (κ2) is 2.80. The maximum Gasteiger partial charge on any atom is 0.111 e. The molecule has 0 aliphatic rings. The first-order chi connectivity index (χ1) is 3.72. The number of amidine groups is 1. The number of terminal acetylenes is 1. The van der Waals surface area contributed by atoms with Crippen LogP contribution in [0.3, 0.4) is 0 Å². The molecule has 0 aromatic carbocycles. The van der Waals surface area contributed by atoms with E-state index in [1.54, 1.807) is 0 Å². The molecule has 3 heteroatoms. The highest BCUT2D eigenvalue weighted by molar-refractivity contribution is 5.96. The van der Waals surface area contributed by atoms with Gasteiger partial charge in [-0.15, -0.1) is 6.42 Å². The van der Waals surface area contributed by atoms with E-state index in [1.165, 1.54) is 0 Å². The average molecular weight is 109 g/mol. The van der Waals surface area contributed by atoms with Gasteiger partial charge in [0.25, 0.3) is 0 Å². The van der Waals surface area contributed by atoms with Gasteiger partial charge < -0.3 is 11.1 Å². The Labute approximate surface area is 47.9 Å². The van der Waals surface area contributed by atoms with Crippen molar-refractivity contribution in [3.05, 3.63) is 0 Å². The van der Waals surface area contributed by atoms with Crippen molar-refractivity contribution >= 4 is 12.1 Å². The zero-order chi connectivity index (χ0) is 6.57. The normalized spacial score (nSPS) is 11.4. The van der Waals surface area contributed by atoms with Crippen LogP contribution in [0.4, 0.5) is 0 Å². The summed E-state index contributed by atoms with van der Waals surface area (Å²) in [6.07, 6.45) is 5.82. The molecule has 8 heavy (non-hydrogen) atoms. The quantitative estimate of drug-likeness (QED) is 0.257. The lowest BCUT2D eigenvalue weighted by molar-refractivity contribution is 1.20. The van der Waals surface area contributed by atoms with Gasteiger partial charge >= 0.3 is 0 Å². The Kier molecular flexibility index (Phi) is 2.35. The molecular formula is C5H7N3. The van der Waals surface area contributed by atoms with E-state index in [9.17, 15) is 0 Å². The first kappa shape index (κ1) is 6.70. The van der Waals surface area contributed by atoms with Crippen LogP contribution in [0.2, 0.25) is 0 Å². The van der Waals surface area contributed by atoms with Crippen LogP contribution in [-0.2, 0) is 0 Å². The summed E-state index contributed by atoms with van der Waals surface area (Å²) in [5.74, 6) is 1.39. The molecule has 0 spiro atoms. The van der Waals surface area contributed by atoms with Crippen molar-refractivity contribution in [2.24, 2.45) is 11.7 Å². The lowest BCUT2D eigenvalue weighted by Gasteiger charge is -1.96. The molecule has 0 saturated carbocycles. The van der Waals surface area contributed by atoms with Crippen LogP contribution in [0.1, 0.15) is 0 Å². The van der Waals surface area contributed by atoms with E-state index in [-0.39, 0.29) is 5.84 Å². The van der Waals surface area contributed by atoms with Crippen molar-refractivity contribution in [2.75, 3.05) is 0 Å². The second-order valence-electron chi connectivity index (χ2n) is 1.27. The van der Waals surface area contributed by atoms with Gasteiger partial charge in [-0.1, -0.05) is 5.92 Å². The monoisotopic (exact) mass is 109 g/mol. The maximum absolute atomic E-state index is 6.74. The third-order valence-corrected chi connectivity index (χ3v) is 0.681. The van der Waals surface area contributed by atoms with Crippen molar-refractivity contribution in [3.8, 4) is 12.3 Å². The topological polar surface area (TPSA) is 73.7 Å². The number of hydrogen-bond donors (Lipinski definition) is 3. The number of nitrogens with one attached hydrogen (secondary N) is 2. The molecule has 0 amide bonds. The Morgan fingerprint density at radius 3 is 2.38 bits per heavy atom. The molecule has 0 aliphatic carbocycles. The fourth-order valence-electron chi connectivity index (χ4n) is 0.228. The van der Waals surface area contributed by atoms with E-state index in [2.05, 4.69) is 5.92 Å². The van der Waals surface area contributed by atoms with Crippen LogP contribution in [0, 0.1) is 29.1 Å². The molecule has 0 heterocycles. The van der Waals surface area contributed by atoms with E-state index < -0.39 is 5.92 Å². The summed E-state index contributed by atoms with van der Waals surface area (Å²) >= 11 is 0. The van der Waals surface area contributed by atoms with Crippen LogP contribution in [0.25, 0.3) is 0 Å². The van der Waals surface area contributed by atoms with Gasteiger partial charge in [0.2, 0.25) is 0 Å². The minimum atomic E-state index is -0.616. The smallest absolute Gasteiger partial charge is 0.111 e. The summed E-state index contributed by atoms with van der Waals surface area (Å²) in [4.78, 5) is 0. The van der Waals surface area contributed by atoms with Crippen molar-refractivity contribution in [3.63, 3.8) is 0 Å². The predicted octanol–water partition coefficient (Wildman–Crippen LogP) is -0.179. The Hall–Kier alpha value is -1.30. The minimum Gasteiger partial charge on any atom is -0.386 e. The largest absolute Gasteiger partial charge is 0.386 e. The molecule has 0 aromatic heterocycles. The molecule has 1 atom stereocenters. The highest BCUT2D eigenvalue weighted by Gasteiger charge is 2.00. The van der Waals surface area contributed by atoms with Crippen LogP contribution >= 0.6 is 0 Å². The van der Waals surface area contributed by atoms with E-state index in [0.29, 0.717) is 0 Å². The molecular weight excluding hydrogens is 102 g/mol. The maximum atomic E-state index is 6.74. The van der Waals surface area contributed by atoms with Gasteiger partial charge in [0.15, 0.2) is 0 Å². The SMILES string of the molecule is C#CC(C=N)C(=N)N. The molecule has 1 unspecified atom stereocenters. The Morgan fingerprint density at radius 1 is 1.88 bits per heavy atom. The third-order valence-electron chi connectivity index (χ3n) is 0.681. The molecule has 0 fully saturated rings. The Balaban J connectivity index is 3.95. The van der Waals surface area contributed by atoms with Gasteiger partial charge in [-0.05, 0) is 0 Å². The zero-order valence-corrected chi connectivity index (χ0v) is 4.31. The molecule has 0 radical (unpaired) electrons. The summed E-state index contributed by atoms with van der Waals surface area (Å²) in [6.45, 7) is 0. The standard InChI is InChI=1S/C5H7N3/c1-2-4(3-6)5(7)8/h1,3-4,6H,(H3,7,8). The molecule has 0 saturated heterocycles. The van der Waals surface area contributed by atoms with Gasteiger partial charge in [0.1, 0.15) is 11.8 Å². The first-order valence-corrected chi connectivity index (χ1v) is 2.03. The molecule has 4 N–H and O–H groups in total. The summed E-state index contributed by atoms with van der Waals surface area (Å²) in [6, 6.07) is 0. The van der Waals surface area contributed by atoms with E-state index >= 15 is 0 Å². The minimum absolute atomic E-state index is 0.150. The third kappa shape index (κ3) is 1.43. The van der Waals surface area contributed by atoms with Crippen LogP contribution in [0.15, 0.2) is 0 Å². The van der Waals surface area contributed by atoms with Crippen molar-refractivity contribution in [1.29, 1.82) is 10.8 Å². The highest BCUT2D eigenvalue weighted by atomic mass is 14.7. The van der Waals surface area contributed by atoms with Gasteiger partial charge in [0, 0.05) is 6.21 Å². The van der Waals surface area contributed by atoms with Gasteiger partial charge in [-0.25, -0.2) is 0 Å². The van der Waals surface area contributed by atoms with Crippen LogP contribution in [-0.4, -0.2) is 12.1 Å². The second-order valence-corrected chi connectivity index (χ2v) is 1.27. The van der Waals surface area contributed by atoms with E-state index in [1.807, 2.05) is 0 Å². The van der Waals surface area contributed by atoms with Gasteiger partial charge in [-0.3, -0.25) is 5.41 Å². The van der Waals surface area contributed by atoms with Crippen molar-refractivity contribution in [2.45, 2.75) is 0 Å². The summed E-state index contributed by atoms with van der Waals surface area (Å²) < 4.78 is 0. The molecule has 0 aromatic rings. The summed E-state index contributed by atoms with van der Waals surface area (Å²) in [5, 5.41) is 13.3. The molecule has 3 nitrogen and oxygen atoms in total. The Morgan fingerprint density at radius 2 is 2.38 bits per heavy atom. The molecule has 0 rings (SSSR count). The highest BCUT2D eigenvalue weighted by Crippen LogP contribution is 1.84. The van der Waals surface area contributed by atoms with E-state index in [0.717, 1.165) is 6.21 Å². The molecule has 42 valence electrons. The first-order valence-electron chi connectivity index (χ1n) is 2.03. The number of rotatable bonds is 2. The summed E-state index contributed by atoms with van der Waals surface area (Å²) in [7, 11) is 0. The van der Waals surface area contributed by atoms with Crippen molar-refractivity contribution < 1.29 is 0 Å². The number of nitrogens with two attached hydrogens (primary N) is 1. The summed E-state index contributed by atoms with van der Waals surface area (Å²) in [5.41, 5.74) is 4.95. The lowest BCUT2D eigenvalue weighted by atomic mass is 10.2. The van der Waals surface area contributed by atoms with Crippen LogP contribution < -0.4 is 5.73 Å². The van der Waals surface area contributed by atoms with Gasteiger partial charge in [0.05, 0.1) is 0 Å². The average Bonchev–Trinajstić information content (AvgIpc) is 1.69. The fraction of sp³-hybridized carbons (Fsp3) is 0.200. The van der Waals surface area contributed by atoms with Crippen LogP contribution in [0.5, 0.6) is 0 Å². The number of hydrogen-bond acceptors (Lipinski definition) is 2. The van der Waals surface area contributed by atoms with Crippen molar-refractivity contribution in [1.82, 2.24) is 0 Å². The lowest BCUT2D eigenvalue weighted by Crippen LogP contribution is -2.21. The predicted molar refractivity (Wildman–Crippen MR) is 33.0 cm³/mol. The van der Waals surface area contributed by atoms with Gasteiger partial charge in [-0.2, -0.15) is 0 Å². The molecule has 0 bridgehead atoms. The molecule has 0 aliphatic heterocycles. The van der Waals surface area contributed by atoms with E-state index in [4.69, 9.17) is 23.0 Å². The zero-order valence-electron chi connectivity index (χ0n) is 4.31. The fourth-order valence-corrected chi connectivity index (χ4v) is 0.228. The Bertz CT molecular complexity index is 142.